The van der Waals surface area contributed by atoms with Gasteiger partial charge in [-0.05, 0) is 24.3 Å². The molecule has 0 aliphatic carbocycles. The van der Waals surface area contributed by atoms with Crippen molar-refractivity contribution in [2.45, 2.75) is 6.61 Å². The summed E-state index contributed by atoms with van der Waals surface area (Å²) in [6, 6.07) is 10.7. The Kier molecular flexibility index (Phi) is 5.78. The number of amides is 1. The lowest BCUT2D eigenvalue weighted by Crippen LogP contribution is -2.22. The minimum atomic E-state index is -3.05. The Morgan fingerprint density at radius 3 is 2.42 bits per heavy atom. The second-order valence-corrected chi connectivity index (χ2v) is 4.48. The van der Waals surface area contributed by atoms with Crippen LogP contribution in [0, 0.1) is 5.82 Å². The number of halogens is 3. The summed E-state index contributed by atoms with van der Waals surface area (Å²) in [6.07, 6.45) is 0. The maximum atomic E-state index is 13.4. The van der Waals surface area contributed by atoms with E-state index in [0.29, 0.717) is 0 Å². The first-order chi connectivity index (χ1) is 11.5. The number of nitrogens with one attached hydrogen (secondary N) is 1. The van der Waals surface area contributed by atoms with Gasteiger partial charge >= 0.3 is 12.6 Å². The number of carbonyl (C=O) groups is 2. The van der Waals surface area contributed by atoms with Gasteiger partial charge in [0.25, 0.3) is 5.91 Å². The molecule has 0 unspecified atom stereocenters. The highest BCUT2D eigenvalue weighted by Crippen LogP contribution is 2.25. The van der Waals surface area contributed by atoms with E-state index < -0.39 is 30.9 Å². The zero-order valence-electron chi connectivity index (χ0n) is 12.2. The summed E-state index contributed by atoms with van der Waals surface area (Å²) >= 11 is 0. The average Bonchev–Trinajstić information content (AvgIpc) is 2.54. The second-order valence-electron chi connectivity index (χ2n) is 4.48. The van der Waals surface area contributed by atoms with Crippen LogP contribution in [0.4, 0.5) is 18.9 Å². The van der Waals surface area contributed by atoms with Gasteiger partial charge in [-0.25, -0.2) is 9.18 Å². The second kappa shape index (κ2) is 8.00. The Morgan fingerprint density at radius 2 is 1.71 bits per heavy atom. The number of para-hydroxylation sites is 2. The first-order valence-corrected chi connectivity index (χ1v) is 6.72. The summed E-state index contributed by atoms with van der Waals surface area (Å²) in [7, 11) is 0. The van der Waals surface area contributed by atoms with Gasteiger partial charge in [0.05, 0.1) is 11.3 Å². The lowest BCUT2D eigenvalue weighted by atomic mass is 10.2. The fraction of sp³-hybridized carbons (Fsp3) is 0.125. The molecule has 0 spiro atoms. The summed E-state index contributed by atoms with van der Waals surface area (Å²) in [5.41, 5.74) is -0.323. The van der Waals surface area contributed by atoms with E-state index in [9.17, 15) is 22.8 Å². The molecule has 0 aliphatic rings. The Morgan fingerprint density at radius 1 is 1.04 bits per heavy atom. The maximum absolute atomic E-state index is 13.4. The monoisotopic (exact) mass is 339 g/mol. The third kappa shape index (κ3) is 4.73. The molecule has 126 valence electrons. The summed E-state index contributed by atoms with van der Waals surface area (Å²) in [5.74, 6) is -2.81. The Balaban J connectivity index is 1.95. The molecule has 1 amide bonds. The smallest absolute Gasteiger partial charge is 0.387 e. The van der Waals surface area contributed by atoms with Crippen molar-refractivity contribution < 1.29 is 32.2 Å². The normalized spacial score (nSPS) is 10.3. The first kappa shape index (κ1) is 17.3. The molecular formula is C16H12F3NO4. The first-order valence-electron chi connectivity index (χ1n) is 6.72. The van der Waals surface area contributed by atoms with E-state index >= 15 is 0 Å². The average molecular weight is 339 g/mol. The van der Waals surface area contributed by atoms with Crippen molar-refractivity contribution in [3.8, 4) is 5.75 Å². The van der Waals surface area contributed by atoms with E-state index in [4.69, 9.17) is 0 Å². The van der Waals surface area contributed by atoms with Crippen LogP contribution in [0.3, 0.4) is 0 Å². The minimum Gasteiger partial charge on any atom is -0.452 e. The number of hydrogen-bond donors (Lipinski definition) is 1. The van der Waals surface area contributed by atoms with Crippen molar-refractivity contribution in [1.82, 2.24) is 0 Å². The third-order valence-electron chi connectivity index (χ3n) is 2.81. The lowest BCUT2D eigenvalue weighted by molar-refractivity contribution is -0.119. The van der Waals surface area contributed by atoms with Gasteiger partial charge in [-0.1, -0.05) is 24.3 Å². The largest absolute Gasteiger partial charge is 0.452 e. The molecule has 0 heterocycles. The van der Waals surface area contributed by atoms with E-state index in [0.717, 1.165) is 6.07 Å². The van der Waals surface area contributed by atoms with Crippen LogP contribution in [0.15, 0.2) is 48.5 Å². The molecule has 1 N–H and O–H groups in total. The van der Waals surface area contributed by atoms with Crippen LogP contribution < -0.4 is 10.1 Å². The molecule has 2 aromatic carbocycles. The van der Waals surface area contributed by atoms with Crippen LogP contribution in [-0.4, -0.2) is 25.1 Å². The molecule has 2 aromatic rings. The number of anilines is 1. The van der Waals surface area contributed by atoms with E-state index in [-0.39, 0.29) is 17.0 Å². The highest BCUT2D eigenvalue weighted by atomic mass is 19.3. The van der Waals surface area contributed by atoms with Gasteiger partial charge in [0, 0.05) is 0 Å². The molecular weight excluding hydrogens is 327 g/mol. The predicted octanol–water partition coefficient (Wildman–Crippen LogP) is 3.22. The molecule has 0 aromatic heterocycles. The van der Waals surface area contributed by atoms with E-state index in [1.807, 2.05) is 0 Å². The van der Waals surface area contributed by atoms with Gasteiger partial charge in [0.1, 0.15) is 11.6 Å². The molecule has 2 rings (SSSR count). The Labute approximate surface area is 135 Å². The topological polar surface area (TPSA) is 64.6 Å². The number of ether oxygens (including phenoxy) is 2. The molecule has 0 bridgehead atoms. The number of alkyl halides is 2. The van der Waals surface area contributed by atoms with Crippen LogP contribution in [0.2, 0.25) is 0 Å². The van der Waals surface area contributed by atoms with Crippen LogP contribution in [-0.2, 0) is 9.53 Å². The molecule has 0 atom stereocenters. The van der Waals surface area contributed by atoms with E-state index in [1.54, 1.807) is 0 Å². The highest BCUT2D eigenvalue weighted by molar-refractivity contribution is 5.96. The number of hydrogen-bond acceptors (Lipinski definition) is 4. The minimum absolute atomic E-state index is 0.00950. The Bertz CT molecular complexity index is 737. The van der Waals surface area contributed by atoms with Crippen LogP contribution >= 0.6 is 0 Å². The molecule has 0 radical (unpaired) electrons. The fourth-order valence-electron chi connectivity index (χ4n) is 1.79. The summed E-state index contributed by atoms with van der Waals surface area (Å²) in [5, 5.41) is 2.27. The van der Waals surface area contributed by atoms with Crippen LogP contribution in [0.1, 0.15) is 10.4 Å². The number of benzene rings is 2. The van der Waals surface area contributed by atoms with Gasteiger partial charge in [0.2, 0.25) is 0 Å². The zero-order chi connectivity index (χ0) is 17.5. The van der Waals surface area contributed by atoms with Gasteiger partial charge in [-0.2, -0.15) is 8.78 Å². The van der Waals surface area contributed by atoms with Crippen molar-refractivity contribution in [2.24, 2.45) is 0 Å². The van der Waals surface area contributed by atoms with Gasteiger partial charge in [-0.15, -0.1) is 0 Å². The maximum Gasteiger partial charge on any atom is 0.387 e. The standard InChI is InChI=1S/C16H12F3NO4/c17-11-6-2-1-5-10(11)15(22)23-9-14(21)20-12-7-3-4-8-13(12)24-16(18)19/h1-8,16H,9H2,(H,20,21). The van der Waals surface area contributed by atoms with Gasteiger partial charge < -0.3 is 14.8 Å². The fourth-order valence-corrected chi connectivity index (χ4v) is 1.79. The van der Waals surface area contributed by atoms with Gasteiger partial charge in [-0.3, -0.25) is 4.79 Å². The van der Waals surface area contributed by atoms with Crippen LogP contribution in [0.25, 0.3) is 0 Å². The van der Waals surface area contributed by atoms with Crippen molar-refractivity contribution in [2.75, 3.05) is 11.9 Å². The van der Waals surface area contributed by atoms with Crippen molar-refractivity contribution >= 4 is 17.6 Å². The highest BCUT2D eigenvalue weighted by Gasteiger charge is 2.15. The molecule has 0 fully saturated rings. The summed E-state index contributed by atoms with van der Waals surface area (Å²) in [6.45, 7) is -3.77. The predicted molar refractivity (Wildman–Crippen MR) is 78.4 cm³/mol. The van der Waals surface area contributed by atoms with Crippen molar-refractivity contribution in [3.63, 3.8) is 0 Å². The third-order valence-corrected chi connectivity index (χ3v) is 2.81. The molecule has 8 heteroatoms. The molecule has 24 heavy (non-hydrogen) atoms. The molecule has 0 saturated carbocycles. The quantitative estimate of drug-likeness (QED) is 0.821. The number of esters is 1. The number of carbonyl (C=O) groups excluding carboxylic acids is 2. The van der Waals surface area contributed by atoms with Gasteiger partial charge in [0.15, 0.2) is 6.61 Å². The molecule has 0 aliphatic heterocycles. The summed E-state index contributed by atoms with van der Waals surface area (Å²) < 4.78 is 46.9. The van der Waals surface area contributed by atoms with Crippen LogP contribution in [0.5, 0.6) is 5.75 Å². The lowest BCUT2D eigenvalue weighted by Gasteiger charge is -2.11. The van der Waals surface area contributed by atoms with Crippen molar-refractivity contribution in [3.05, 3.63) is 59.9 Å². The zero-order valence-corrected chi connectivity index (χ0v) is 12.2. The Hall–Kier alpha value is -3.03. The summed E-state index contributed by atoms with van der Waals surface area (Å²) in [4.78, 5) is 23.4. The van der Waals surface area contributed by atoms with Crippen molar-refractivity contribution in [1.29, 1.82) is 0 Å². The van der Waals surface area contributed by atoms with E-state index in [2.05, 4.69) is 14.8 Å². The number of rotatable bonds is 6. The SMILES string of the molecule is O=C(COC(=O)c1ccccc1F)Nc1ccccc1OC(F)F. The molecule has 0 saturated heterocycles. The molecule has 5 nitrogen and oxygen atoms in total. The van der Waals surface area contributed by atoms with E-state index in [1.165, 1.54) is 42.5 Å².